The summed E-state index contributed by atoms with van der Waals surface area (Å²) in [5.41, 5.74) is 2.52. The summed E-state index contributed by atoms with van der Waals surface area (Å²) in [6.45, 7) is 4.56. The fraction of sp³-hybridized carbons (Fsp3) is 0.267. The van der Waals surface area contributed by atoms with Crippen LogP contribution in [0.15, 0.2) is 78.3 Å². The van der Waals surface area contributed by atoms with Gasteiger partial charge < -0.3 is 9.67 Å². The maximum absolute atomic E-state index is 12.8. The SMILES string of the molecule is CCCCc1ncc(/C=C(/c2cccs2)C(C)(Cc2ccccc2)C(=O)O)n1Cc1ccccc1Cl. The molecule has 0 bridgehead atoms. The summed E-state index contributed by atoms with van der Waals surface area (Å²) >= 11 is 8.07. The van der Waals surface area contributed by atoms with Crippen LogP contribution in [0.25, 0.3) is 11.6 Å². The van der Waals surface area contributed by atoms with Gasteiger partial charge in [-0.25, -0.2) is 4.98 Å². The second-order valence-corrected chi connectivity index (χ2v) is 10.6. The van der Waals surface area contributed by atoms with Gasteiger partial charge in [0.1, 0.15) is 5.82 Å². The molecule has 36 heavy (non-hydrogen) atoms. The number of nitrogens with zero attached hydrogens (tertiary/aromatic N) is 2. The average Bonchev–Trinajstić information content (AvgIpc) is 3.53. The Morgan fingerprint density at radius 1 is 1.11 bits per heavy atom. The molecule has 4 nitrogen and oxygen atoms in total. The number of rotatable bonds is 11. The number of thiophene rings is 1. The largest absolute Gasteiger partial charge is 0.481 e. The van der Waals surface area contributed by atoms with Crippen molar-refractivity contribution in [3.63, 3.8) is 0 Å². The summed E-state index contributed by atoms with van der Waals surface area (Å²) in [6, 6.07) is 21.6. The van der Waals surface area contributed by atoms with Crippen LogP contribution in [-0.2, 0) is 24.2 Å². The molecule has 1 N–H and O–H groups in total. The van der Waals surface area contributed by atoms with Crippen molar-refractivity contribution in [3.8, 4) is 0 Å². The van der Waals surface area contributed by atoms with Crippen molar-refractivity contribution >= 4 is 40.6 Å². The molecule has 1 unspecified atom stereocenters. The van der Waals surface area contributed by atoms with E-state index in [2.05, 4.69) is 11.5 Å². The minimum absolute atomic E-state index is 0.383. The van der Waals surface area contributed by atoms with Crippen molar-refractivity contribution in [1.29, 1.82) is 0 Å². The monoisotopic (exact) mass is 518 g/mol. The van der Waals surface area contributed by atoms with Gasteiger partial charge in [-0.2, -0.15) is 0 Å². The maximum Gasteiger partial charge on any atom is 0.314 e. The number of carbonyl (C=O) groups is 1. The molecular weight excluding hydrogens is 488 g/mol. The van der Waals surface area contributed by atoms with E-state index in [9.17, 15) is 9.90 Å². The minimum Gasteiger partial charge on any atom is -0.481 e. The Morgan fingerprint density at radius 3 is 2.53 bits per heavy atom. The number of halogens is 1. The minimum atomic E-state index is -1.13. The van der Waals surface area contributed by atoms with E-state index in [0.29, 0.717) is 18.0 Å². The van der Waals surface area contributed by atoms with Crippen molar-refractivity contribution in [1.82, 2.24) is 9.55 Å². The molecule has 2 heterocycles. The first-order valence-electron chi connectivity index (χ1n) is 12.2. The van der Waals surface area contributed by atoms with E-state index in [4.69, 9.17) is 16.6 Å². The zero-order valence-electron chi connectivity index (χ0n) is 20.7. The Hall–Kier alpha value is -3.15. The molecule has 0 aliphatic heterocycles. The van der Waals surface area contributed by atoms with Crippen LogP contribution < -0.4 is 0 Å². The van der Waals surface area contributed by atoms with Gasteiger partial charge in [-0.15, -0.1) is 11.3 Å². The normalized spacial score (nSPS) is 13.5. The highest BCUT2D eigenvalue weighted by molar-refractivity contribution is 7.11. The molecule has 4 aromatic rings. The molecule has 2 aromatic carbocycles. The molecule has 0 radical (unpaired) electrons. The lowest BCUT2D eigenvalue weighted by atomic mass is 9.75. The third kappa shape index (κ3) is 5.80. The molecule has 0 aliphatic rings. The molecule has 0 aliphatic carbocycles. The smallest absolute Gasteiger partial charge is 0.314 e. The third-order valence-corrected chi connectivity index (χ3v) is 7.83. The topological polar surface area (TPSA) is 55.1 Å². The number of carboxylic acids is 1. The summed E-state index contributed by atoms with van der Waals surface area (Å²) in [5, 5.41) is 13.2. The van der Waals surface area contributed by atoms with Gasteiger partial charge in [0.25, 0.3) is 0 Å². The predicted octanol–water partition coefficient (Wildman–Crippen LogP) is 7.86. The van der Waals surface area contributed by atoms with E-state index in [-0.39, 0.29) is 0 Å². The highest BCUT2D eigenvalue weighted by Crippen LogP contribution is 2.42. The molecule has 6 heteroatoms. The molecule has 186 valence electrons. The van der Waals surface area contributed by atoms with Crippen LogP contribution in [0.1, 0.15) is 54.2 Å². The molecule has 0 fully saturated rings. The Balaban J connectivity index is 1.85. The summed E-state index contributed by atoms with van der Waals surface area (Å²) < 4.78 is 2.18. The number of aromatic nitrogens is 2. The first-order valence-corrected chi connectivity index (χ1v) is 13.5. The van der Waals surface area contributed by atoms with Gasteiger partial charge in [0.05, 0.1) is 23.9 Å². The van der Waals surface area contributed by atoms with Crippen LogP contribution >= 0.6 is 22.9 Å². The van der Waals surface area contributed by atoms with Gasteiger partial charge in [-0.1, -0.05) is 79.5 Å². The van der Waals surface area contributed by atoms with Gasteiger partial charge in [-0.3, -0.25) is 4.79 Å². The summed E-state index contributed by atoms with van der Waals surface area (Å²) in [4.78, 5) is 18.5. The fourth-order valence-corrected chi connectivity index (χ4v) is 5.50. The summed E-state index contributed by atoms with van der Waals surface area (Å²) in [7, 11) is 0. The predicted molar refractivity (Wildman–Crippen MR) is 149 cm³/mol. The molecule has 2 aromatic heterocycles. The number of unbranched alkanes of at least 4 members (excludes halogenated alkanes) is 1. The molecule has 4 rings (SSSR count). The van der Waals surface area contributed by atoms with Crippen LogP contribution in [0.3, 0.4) is 0 Å². The number of aliphatic carboxylic acids is 1. The number of benzene rings is 2. The number of hydrogen-bond donors (Lipinski definition) is 1. The molecular formula is C30H31ClN2O2S. The number of aryl methyl sites for hydroxylation is 1. The molecule has 0 amide bonds. The summed E-state index contributed by atoms with van der Waals surface area (Å²) in [5.74, 6) is 0.128. The molecule has 0 spiro atoms. The number of imidazole rings is 1. The Bertz CT molecular complexity index is 1330. The van der Waals surface area contributed by atoms with Gasteiger partial charge in [-0.05, 0) is 60.1 Å². The second kappa shape index (κ2) is 11.7. The standard InChI is InChI=1S/C30H31ClN2O2S/c1-3-4-16-28-32-20-24(33(28)21-23-13-8-9-14-26(23)31)18-25(27-15-10-17-36-27)30(2,29(34)35)19-22-11-6-5-7-12-22/h5-15,17-18,20H,3-4,16,19,21H2,1-2H3,(H,34,35)/b25-18-. The zero-order valence-corrected chi connectivity index (χ0v) is 22.2. The van der Waals surface area contributed by atoms with Crippen LogP contribution in [0.2, 0.25) is 5.02 Å². The Labute approximate surface area is 221 Å². The first-order chi connectivity index (χ1) is 17.4. The third-order valence-electron chi connectivity index (χ3n) is 6.56. The van der Waals surface area contributed by atoms with Crippen molar-refractivity contribution in [2.75, 3.05) is 0 Å². The van der Waals surface area contributed by atoms with E-state index < -0.39 is 11.4 Å². The Kier molecular flexibility index (Phi) is 8.44. The fourth-order valence-electron chi connectivity index (χ4n) is 4.43. The first kappa shape index (κ1) is 25.9. The van der Waals surface area contributed by atoms with Crippen molar-refractivity contribution in [3.05, 3.63) is 111 Å². The Morgan fingerprint density at radius 2 is 1.86 bits per heavy atom. The highest BCUT2D eigenvalue weighted by atomic mass is 35.5. The van der Waals surface area contributed by atoms with E-state index in [1.54, 1.807) is 11.3 Å². The summed E-state index contributed by atoms with van der Waals surface area (Å²) in [6.07, 6.45) is 7.21. The van der Waals surface area contributed by atoms with E-state index >= 15 is 0 Å². The van der Waals surface area contributed by atoms with E-state index in [0.717, 1.165) is 52.4 Å². The van der Waals surface area contributed by atoms with Gasteiger partial charge in [0, 0.05) is 16.3 Å². The lowest BCUT2D eigenvalue weighted by molar-refractivity contribution is -0.144. The number of hydrogen-bond acceptors (Lipinski definition) is 3. The van der Waals surface area contributed by atoms with Crippen molar-refractivity contribution in [2.45, 2.75) is 46.1 Å². The van der Waals surface area contributed by atoms with Crippen molar-refractivity contribution in [2.24, 2.45) is 5.41 Å². The lowest BCUT2D eigenvalue weighted by Gasteiger charge is -2.28. The van der Waals surface area contributed by atoms with Crippen LogP contribution in [0.4, 0.5) is 0 Å². The molecule has 1 atom stereocenters. The molecule has 0 saturated heterocycles. The van der Waals surface area contributed by atoms with Gasteiger partial charge >= 0.3 is 5.97 Å². The van der Waals surface area contributed by atoms with E-state index in [1.165, 1.54) is 0 Å². The van der Waals surface area contributed by atoms with Crippen LogP contribution in [0, 0.1) is 5.41 Å². The van der Waals surface area contributed by atoms with Gasteiger partial charge in [0.15, 0.2) is 0 Å². The zero-order chi connectivity index (χ0) is 25.5. The van der Waals surface area contributed by atoms with E-state index in [1.807, 2.05) is 91.3 Å². The lowest BCUT2D eigenvalue weighted by Crippen LogP contribution is -2.31. The highest BCUT2D eigenvalue weighted by Gasteiger charge is 2.39. The van der Waals surface area contributed by atoms with Gasteiger partial charge in [0.2, 0.25) is 0 Å². The van der Waals surface area contributed by atoms with Crippen molar-refractivity contribution < 1.29 is 9.90 Å². The second-order valence-electron chi connectivity index (χ2n) is 9.22. The quantitative estimate of drug-likeness (QED) is 0.220. The number of carboxylic acid groups (broad SMARTS) is 1. The molecule has 0 saturated carbocycles. The maximum atomic E-state index is 12.8. The van der Waals surface area contributed by atoms with Crippen LogP contribution in [0.5, 0.6) is 0 Å². The van der Waals surface area contributed by atoms with Crippen LogP contribution in [-0.4, -0.2) is 20.6 Å². The average molecular weight is 519 g/mol.